The van der Waals surface area contributed by atoms with Crippen LogP contribution >= 0.6 is 0 Å². The largest absolute Gasteiger partial charge is 0.338 e. The van der Waals surface area contributed by atoms with Gasteiger partial charge < -0.3 is 10.6 Å². The van der Waals surface area contributed by atoms with Gasteiger partial charge in [-0.3, -0.25) is 4.79 Å². The Labute approximate surface area is 124 Å². The fourth-order valence-electron chi connectivity index (χ4n) is 1.88. The van der Waals surface area contributed by atoms with Crippen LogP contribution in [0.2, 0.25) is 0 Å². The van der Waals surface area contributed by atoms with E-state index in [1.165, 1.54) is 0 Å². The molecule has 0 unspecified atom stereocenters. The molecule has 21 heavy (non-hydrogen) atoms. The van der Waals surface area contributed by atoms with Crippen LogP contribution in [-0.2, 0) is 4.79 Å². The summed E-state index contributed by atoms with van der Waals surface area (Å²) in [4.78, 5) is 11.6. The number of aromatic nitrogens is 2. The van der Waals surface area contributed by atoms with E-state index in [4.69, 9.17) is 0 Å². The molecule has 0 saturated heterocycles. The lowest BCUT2D eigenvalue weighted by Crippen LogP contribution is -2.18. The van der Waals surface area contributed by atoms with Crippen LogP contribution in [0.4, 0.5) is 17.3 Å². The van der Waals surface area contributed by atoms with Gasteiger partial charge in [0.05, 0.1) is 0 Å². The number of aryl methyl sites for hydroxylation is 2. The highest BCUT2D eigenvalue weighted by atomic mass is 16.1. The molecule has 0 bridgehead atoms. The van der Waals surface area contributed by atoms with Gasteiger partial charge in [0.25, 0.3) is 0 Å². The van der Waals surface area contributed by atoms with Crippen molar-refractivity contribution in [3.63, 3.8) is 0 Å². The molecule has 0 fully saturated rings. The maximum Gasteiger partial charge on any atom is 0.228 e. The van der Waals surface area contributed by atoms with E-state index in [-0.39, 0.29) is 11.8 Å². The first-order valence-corrected chi connectivity index (χ1v) is 6.95. The summed E-state index contributed by atoms with van der Waals surface area (Å²) in [5.74, 6) is 0.953. The number of carbonyl (C=O) groups excluding carboxylic acids is 1. The van der Waals surface area contributed by atoms with Crippen molar-refractivity contribution in [2.24, 2.45) is 5.92 Å². The molecule has 1 aromatic carbocycles. The van der Waals surface area contributed by atoms with E-state index in [0.717, 1.165) is 16.8 Å². The number of nitrogens with one attached hydrogen (secondary N) is 2. The summed E-state index contributed by atoms with van der Waals surface area (Å²) >= 11 is 0. The normalized spacial score (nSPS) is 10.5. The van der Waals surface area contributed by atoms with Crippen molar-refractivity contribution in [1.82, 2.24) is 10.2 Å². The minimum absolute atomic E-state index is 0.0697. The minimum atomic E-state index is -0.0841. The van der Waals surface area contributed by atoms with Crippen LogP contribution < -0.4 is 10.6 Å². The zero-order valence-corrected chi connectivity index (χ0v) is 12.8. The SMILES string of the molecule is Cc1cccc(C)c1Nc1ccc(NC(=O)C(C)C)nn1. The quantitative estimate of drug-likeness (QED) is 0.902. The van der Waals surface area contributed by atoms with Crippen molar-refractivity contribution in [3.8, 4) is 0 Å². The van der Waals surface area contributed by atoms with Gasteiger partial charge in [0.1, 0.15) is 0 Å². The Balaban J connectivity index is 2.11. The number of carbonyl (C=O) groups is 1. The summed E-state index contributed by atoms with van der Waals surface area (Å²) in [5, 5.41) is 14.1. The first-order valence-electron chi connectivity index (χ1n) is 6.95. The second kappa shape index (κ2) is 6.35. The van der Waals surface area contributed by atoms with E-state index in [1.807, 2.05) is 45.9 Å². The second-order valence-corrected chi connectivity index (χ2v) is 5.34. The average Bonchev–Trinajstić information content (AvgIpc) is 2.44. The molecular formula is C16H20N4O. The van der Waals surface area contributed by atoms with Gasteiger partial charge in [-0.15, -0.1) is 10.2 Å². The monoisotopic (exact) mass is 284 g/mol. The van der Waals surface area contributed by atoms with Crippen LogP contribution in [0.5, 0.6) is 0 Å². The molecule has 5 nitrogen and oxygen atoms in total. The van der Waals surface area contributed by atoms with Crippen molar-refractivity contribution < 1.29 is 4.79 Å². The Kier molecular flexibility index (Phi) is 4.52. The van der Waals surface area contributed by atoms with Crippen LogP contribution in [0.3, 0.4) is 0 Å². The summed E-state index contributed by atoms with van der Waals surface area (Å²) in [6.07, 6.45) is 0. The molecule has 110 valence electrons. The third kappa shape index (κ3) is 3.78. The second-order valence-electron chi connectivity index (χ2n) is 5.34. The molecule has 0 aliphatic carbocycles. The van der Waals surface area contributed by atoms with E-state index in [1.54, 1.807) is 12.1 Å². The Bertz CT molecular complexity index is 615. The summed E-state index contributed by atoms with van der Waals surface area (Å²) in [5.41, 5.74) is 3.33. The van der Waals surface area contributed by atoms with E-state index < -0.39 is 0 Å². The summed E-state index contributed by atoms with van der Waals surface area (Å²) < 4.78 is 0. The number of amides is 1. The van der Waals surface area contributed by atoms with Gasteiger partial charge in [0.15, 0.2) is 11.6 Å². The highest BCUT2D eigenvalue weighted by Gasteiger charge is 2.08. The van der Waals surface area contributed by atoms with Gasteiger partial charge in [-0.1, -0.05) is 32.0 Å². The molecule has 2 rings (SSSR count). The lowest BCUT2D eigenvalue weighted by molar-refractivity contribution is -0.118. The standard InChI is InChI=1S/C16H20N4O/c1-10(2)16(21)18-14-9-8-13(19-20-14)17-15-11(3)6-5-7-12(15)4/h5-10H,1-4H3,(H,17,19)(H,18,20,21). The lowest BCUT2D eigenvalue weighted by Gasteiger charge is -2.12. The highest BCUT2D eigenvalue weighted by Crippen LogP contribution is 2.23. The zero-order chi connectivity index (χ0) is 15.4. The smallest absolute Gasteiger partial charge is 0.228 e. The predicted octanol–water partition coefficient (Wildman–Crippen LogP) is 3.43. The van der Waals surface area contributed by atoms with Gasteiger partial charge in [-0.05, 0) is 37.1 Å². The number of anilines is 3. The average molecular weight is 284 g/mol. The topological polar surface area (TPSA) is 66.9 Å². The van der Waals surface area contributed by atoms with E-state index in [9.17, 15) is 4.79 Å². The van der Waals surface area contributed by atoms with Crippen LogP contribution in [-0.4, -0.2) is 16.1 Å². The number of para-hydroxylation sites is 1. The highest BCUT2D eigenvalue weighted by molar-refractivity contribution is 5.91. The fourth-order valence-corrected chi connectivity index (χ4v) is 1.88. The first-order chi connectivity index (χ1) is 9.97. The molecule has 1 amide bonds. The molecule has 0 spiro atoms. The van der Waals surface area contributed by atoms with Gasteiger partial charge in [-0.2, -0.15) is 0 Å². The van der Waals surface area contributed by atoms with Crippen LogP contribution in [0.15, 0.2) is 30.3 Å². The summed E-state index contributed by atoms with van der Waals surface area (Å²) in [6, 6.07) is 9.64. The maximum atomic E-state index is 11.6. The Morgan fingerprint density at radius 2 is 1.57 bits per heavy atom. The van der Waals surface area contributed by atoms with E-state index in [0.29, 0.717) is 11.6 Å². The number of hydrogen-bond donors (Lipinski definition) is 2. The molecule has 0 saturated carbocycles. The van der Waals surface area contributed by atoms with Gasteiger partial charge in [0.2, 0.25) is 5.91 Å². The minimum Gasteiger partial charge on any atom is -0.338 e. The molecule has 2 aromatic rings. The number of benzene rings is 1. The summed E-state index contributed by atoms with van der Waals surface area (Å²) in [6.45, 7) is 7.75. The fraction of sp³-hybridized carbons (Fsp3) is 0.312. The molecule has 5 heteroatoms. The van der Waals surface area contributed by atoms with Crippen molar-refractivity contribution in [3.05, 3.63) is 41.5 Å². The molecular weight excluding hydrogens is 264 g/mol. The van der Waals surface area contributed by atoms with E-state index >= 15 is 0 Å². The first kappa shape index (κ1) is 15.0. The van der Waals surface area contributed by atoms with Gasteiger partial charge in [-0.25, -0.2) is 0 Å². The molecule has 0 atom stereocenters. The molecule has 1 heterocycles. The Hall–Kier alpha value is -2.43. The number of rotatable bonds is 4. The molecule has 0 aliphatic heterocycles. The summed E-state index contributed by atoms with van der Waals surface area (Å²) in [7, 11) is 0. The third-order valence-corrected chi connectivity index (χ3v) is 3.17. The number of hydrogen-bond acceptors (Lipinski definition) is 4. The van der Waals surface area contributed by atoms with Crippen LogP contribution in [0, 0.1) is 19.8 Å². The Morgan fingerprint density at radius 1 is 1.00 bits per heavy atom. The molecule has 2 N–H and O–H groups in total. The van der Waals surface area contributed by atoms with Gasteiger partial charge >= 0.3 is 0 Å². The van der Waals surface area contributed by atoms with Crippen molar-refractivity contribution in [2.45, 2.75) is 27.7 Å². The lowest BCUT2D eigenvalue weighted by atomic mass is 10.1. The number of nitrogens with zero attached hydrogens (tertiary/aromatic N) is 2. The van der Waals surface area contributed by atoms with Crippen LogP contribution in [0.1, 0.15) is 25.0 Å². The molecule has 0 radical (unpaired) electrons. The third-order valence-electron chi connectivity index (χ3n) is 3.17. The van der Waals surface area contributed by atoms with Crippen molar-refractivity contribution in [2.75, 3.05) is 10.6 Å². The van der Waals surface area contributed by atoms with Crippen molar-refractivity contribution >= 4 is 23.2 Å². The zero-order valence-electron chi connectivity index (χ0n) is 12.8. The van der Waals surface area contributed by atoms with Crippen LogP contribution in [0.25, 0.3) is 0 Å². The Morgan fingerprint density at radius 3 is 2.10 bits per heavy atom. The van der Waals surface area contributed by atoms with Gasteiger partial charge in [0, 0.05) is 11.6 Å². The van der Waals surface area contributed by atoms with E-state index in [2.05, 4.69) is 20.8 Å². The predicted molar refractivity (Wildman–Crippen MR) is 84.7 cm³/mol. The maximum absolute atomic E-state index is 11.6. The van der Waals surface area contributed by atoms with Crippen molar-refractivity contribution in [1.29, 1.82) is 0 Å². The molecule has 1 aromatic heterocycles. The molecule has 0 aliphatic rings.